The lowest BCUT2D eigenvalue weighted by molar-refractivity contribution is 0.247. The average Bonchev–Trinajstić information content (AvgIpc) is 2.85. The van der Waals surface area contributed by atoms with E-state index in [9.17, 15) is 9.18 Å². The number of aromatic amines is 1. The molecule has 1 aromatic carbocycles. The molecule has 2 amide bonds. The standard InChI is InChI=1S/C13H16FN5O/c1-3-11(12-15-8(2)18-19-12)17-13(20)16-10-6-4-9(14)5-7-10/h4-7,11H,3H2,1-2H3,(H,15,18,19)(H2,16,17,20)/t11-/m1/s1. The highest BCUT2D eigenvalue weighted by Crippen LogP contribution is 2.13. The molecule has 0 fully saturated rings. The van der Waals surface area contributed by atoms with Crippen LogP contribution in [0, 0.1) is 12.7 Å². The molecule has 0 saturated heterocycles. The number of hydrogen-bond acceptors (Lipinski definition) is 3. The van der Waals surface area contributed by atoms with Crippen molar-refractivity contribution in [2.45, 2.75) is 26.3 Å². The molecule has 0 aliphatic heterocycles. The third-order valence-electron chi connectivity index (χ3n) is 2.74. The van der Waals surface area contributed by atoms with Crippen LogP contribution in [0.3, 0.4) is 0 Å². The largest absolute Gasteiger partial charge is 0.328 e. The molecule has 3 N–H and O–H groups in total. The van der Waals surface area contributed by atoms with Gasteiger partial charge in [0, 0.05) is 5.69 Å². The summed E-state index contributed by atoms with van der Waals surface area (Å²) in [6, 6.07) is 4.89. The molecule has 1 atom stereocenters. The van der Waals surface area contributed by atoms with Crippen LogP contribution in [0.4, 0.5) is 14.9 Å². The molecule has 0 unspecified atom stereocenters. The quantitative estimate of drug-likeness (QED) is 0.803. The van der Waals surface area contributed by atoms with Gasteiger partial charge in [0.2, 0.25) is 0 Å². The summed E-state index contributed by atoms with van der Waals surface area (Å²) in [4.78, 5) is 16.1. The number of amides is 2. The topological polar surface area (TPSA) is 82.7 Å². The van der Waals surface area contributed by atoms with Crippen molar-refractivity contribution in [3.05, 3.63) is 41.7 Å². The predicted octanol–water partition coefficient (Wildman–Crippen LogP) is 2.53. The molecule has 106 valence electrons. The minimum atomic E-state index is -0.383. The number of anilines is 1. The van der Waals surface area contributed by atoms with Gasteiger partial charge in [0.15, 0.2) is 5.82 Å². The van der Waals surface area contributed by atoms with Gasteiger partial charge in [-0.2, -0.15) is 5.10 Å². The van der Waals surface area contributed by atoms with E-state index in [0.29, 0.717) is 23.8 Å². The van der Waals surface area contributed by atoms with Gasteiger partial charge in [-0.05, 0) is 37.6 Å². The van der Waals surface area contributed by atoms with Crippen LogP contribution in [0.1, 0.15) is 31.0 Å². The molecule has 0 radical (unpaired) electrons. The second-order valence-electron chi connectivity index (χ2n) is 4.35. The van der Waals surface area contributed by atoms with Gasteiger partial charge < -0.3 is 10.6 Å². The lowest BCUT2D eigenvalue weighted by atomic mass is 10.2. The van der Waals surface area contributed by atoms with E-state index < -0.39 is 0 Å². The van der Waals surface area contributed by atoms with Crippen molar-refractivity contribution in [2.24, 2.45) is 0 Å². The maximum Gasteiger partial charge on any atom is 0.319 e. The van der Waals surface area contributed by atoms with Crippen LogP contribution in [0.15, 0.2) is 24.3 Å². The summed E-state index contributed by atoms with van der Waals surface area (Å²) in [5, 5.41) is 12.2. The fourth-order valence-corrected chi connectivity index (χ4v) is 1.72. The smallest absolute Gasteiger partial charge is 0.319 e. The number of hydrogen-bond donors (Lipinski definition) is 3. The van der Waals surface area contributed by atoms with Crippen molar-refractivity contribution in [3.8, 4) is 0 Å². The first-order valence-electron chi connectivity index (χ1n) is 6.30. The molecule has 0 saturated carbocycles. The first-order chi connectivity index (χ1) is 9.58. The minimum Gasteiger partial charge on any atom is -0.328 e. The molecule has 2 aromatic rings. The molecule has 0 aliphatic rings. The highest BCUT2D eigenvalue weighted by molar-refractivity contribution is 5.89. The highest BCUT2D eigenvalue weighted by atomic mass is 19.1. The van der Waals surface area contributed by atoms with Crippen LogP contribution < -0.4 is 10.6 Å². The number of benzene rings is 1. The number of carbonyl (C=O) groups excluding carboxylic acids is 1. The number of nitrogens with zero attached hydrogens (tertiary/aromatic N) is 2. The van der Waals surface area contributed by atoms with Gasteiger partial charge in [-0.15, -0.1) is 0 Å². The van der Waals surface area contributed by atoms with E-state index in [1.165, 1.54) is 24.3 Å². The maximum absolute atomic E-state index is 12.8. The summed E-state index contributed by atoms with van der Waals surface area (Å²) in [5.41, 5.74) is 0.518. The number of aromatic nitrogens is 3. The van der Waals surface area contributed by atoms with E-state index in [4.69, 9.17) is 0 Å². The molecule has 20 heavy (non-hydrogen) atoms. The molecule has 0 aliphatic carbocycles. The van der Waals surface area contributed by atoms with Gasteiger partial charge in [0.05, 0.1) is 6.04 Å². The van der Waals surface area contributed by atoms with Crippen LogP contribution in [-0.4, -0.2) is 21.2 Å². The van der Waals surface area contributed by atoms with Gasteiger partial charge >= 0.3 is 6.03 Å². The summed E-state index contributed by atoms with van der Waals surface area (Å²) in [7, 11) is 0. The molecule has 6 nitrogen and oxygen atoms in total. The number of aryl methyl sites for hydroxylation is 1. The summed E-state index contributed by atoms with van der Waals surface area (Å²) in [6.07, 6.45) is 0.661. The lowest BCUT2D eigenvalue weighted by Gasteiger charge is -2.14. The van der Waals surface area contributed by atoms with Crippen LogP contribution in [0.5, 0.6) is 0 Å². The molecule has 1 aromatic heterocycles. The lowest BCUT2D eigenvalue weighted by Crippen LogP contribution is -2.32. The van der Waals surface area contributed by atoms with Crippen LogP contribution in [0.25, 0.3) is 0 Å². The number of carbonyl (C=O) groups is 1. The first-order valence-corrected chi connectivity index (χ1v) is 6.30. The Morgan fingerprint density at radius 1 is 1.40 bits per heavy atom. The number of halogens is 1. The van der Waals surface area contributed by atoms with Crippen molar-refractivity contribution < 1.29 is 9.18 Å². The van der Waals surface area contributed by atoms with E-state index in [1.54, 1.807) is 6.92 Å². The Labute approximate surface area is 115 Å². The van der Waals surface area contributed by atoms with Crippen molar-refractivity contribution >= 4 is 11.7 Å². The zero-order chi connectivity index (χ0) is 14.5. The van der Waals surface area contributed by atoms with Crippen molar-refractivity contribution in [2.75, 3.05) is 5.32 Å². The van der Waals surface area contributed by atoms with E-state index in [1.807, 2.05) is 6.92 Å². The Balaban J connectivity index is 1.97. The molecule has 1 heterocycles. The van der Waals surface area contributed by atoms with E-state index in [0.717, 1.165) is 0 Å². The average molecular weight is 277 g/mol. The highest BCUT2D eigenvalue weighted by Gasteiger charge is 2.16. The molecule has 0 spiro atoms. The third kappa shape index (κ3) is 3.53. The fraction of sp³-hybridized carbons (Fsp3) is 0.308. The number of nitrogens with one attached hydrogen (secondary N) is 3. The molecular weight excluding hydrogens is 261 g/mol. The number of H-pyrrole nitrogens is 1. The Hall–Kier alpha value is -2.44. The van der Waals surface area contributed by atoms with E-state index in [2.05, 4.69) is 25.8 Å². The summed E-state index contributed by atoms with van der Waals surface area (Å²) < 4.78 is 12.8. The fourth-order valence-electron chi connectivity index (χ4n) is 1.72. The second-order valence-corrected chi connectivity index (χ2v) is 4.35. The summed E-state index contributed by atoms with van der Waals surface area (Å²) in [6.45, 7) is 3.72. The molecule has 0 bridgehead atoms. The second kappa shape index (κ2) is 6.14. The Morgan fingerprint density at radius 3 is 2.65 bits per heavy atom. The van der Waals surface area contributed by atoms with Gasteiger partial charge in [-0.1, -0.05) is 6.92 Å². The van der Waals surface area contributed by atoms with Crippen molar-refractivity contribution in [1.82, 2.24) is 20.5 Å². The summed E-state index contributed by atoms with van der Waals surface area (Å²) in [5.74, 6) is 0.886. The molecule has 2 rings (SSSR count). The van der Waals surface area contributed by atoms with Gasteiger partial charge in [-0.3, -0.25) is 5.10 Å². The zero-order valence-corrected chi connectivity index (χ0v) is 11.3. The van der Waals surface area contributed by atoms with Crippen LogP contribution in [-0.2, 0) is 0 Å². The van der Waals surface area contributed by atoms with E-state index in [-0.39, 0.29) is 17.9 Å². The number of urea groups is 1. The Kier molecular flexibility index (Phi) is 4.29. The zero-order valence-electron chi connectivity index (χ0n) is 11.3. The number of rotatable bonds is 4. The maximum atomic E-state index is 12.8. The van der Waals surface area contributed by atoms with Crippen molar-refractivity contribution in [3.63, 3.8) is 0 Å². The molecule has 7 heteroatoms. The van der Waals surface area contributed by atoms with Crippen LogP contribution in [0.2, 0.25) is 0 Å². The third-order valence-corrected chi connectivity index (χ3v) is 2.74. The first kappa shape index (κ1) is 14.0. The summed E-state index contributed by atoms with van der Waals surface area (Å²) >= 11 is 0. The molecular formula is C13H16FN5O. The Bertz CT molecular complexity index is 581. The van der Waals surface area contributed by atoms with Crippen LogP contribution >= 0.6 is 0 Å². The normalized spacial score (nSPS) is 11.9. The SMILES string of the molecule is CC[C@@H](NC(=O)Nc1ccc(F)cc1)c1n[nH]c(C)n1. The van der Waals surface area contributed by atoms with Gasteiger partial charge in [0.1, 0.15) is 11.6 Å². The minimum absolute atomic E-state index is 0.277. The van der Waals surface area contributed by atoms with E-state index >= 15 is 0 Å². The van der Waals surface area contributed by atoms with Crippen molar-refractivity contribution in [1.29, 1.82) is 0 Å². The Morgan fingerprint density at radius 2 is 2.10 bits per heavy atom. The van der Waals surface area contributed by atoms with Gasteiger partial charge in [0.25, 0.3) is 0 Å². The monoisotopic (exact) mass is 277 g/mol. The van der Waals surface area contributed by atoms with Gasteiger partial charge in [-0.25, -0.2) is 14.2 Å². The predicted molar refractivity (Wildman–Crippen MR) is 72.7 cm³/mol.